The summed E-state index contributed by atoms with van der Waals surface area (Å²) in [6.45, 7) is 2.94. The van der Waals surface area contributed by atoms with Gasteiger partial charge in [0.1, 0.15) is 16.9 Å². The number of likely N-dealkylation sites (tertiary alicyclic amines) is 1. The Morgan fingerprint density at radius 3 is 2.36 bits per heavy atom. The van der Waals surface area contributed by atoms with Crippen LogP contribution in [-0.2, 0) is 6.54 Å². The normalized spacial score (nSPS) is 14.1. The number of nitriles is 1. The molecule has 7 nitrogen and oxygen atoms in total. The maximum atomic E-state index is 9.02. The van der Waals surface area contributed by atoms with Crippen LogP contribution in [0.4, 0.5) is 5.82 Å². The van der Waals surface area contributed by atoms with E-state index in [1.807, 2.05) is 42.7 Å². The minimum absolute atomic E-state index is 0.197. The molecule has 2 aromatic carbocycles. The highest BCUT2D eigenvalue weighted by Crippen LogP contribution is 2.40. The van der Waals surface area contributed by atoms with Crippen LogP contribution in [0.5, 0.6) is 0 Å². The van der Waals surface area contributed by atoms with Crippen LogP contribution in [0, 0.1) is 11.3 Å². The van der Waals surface area contributed by atoms with Gasteiger partial charge in [-0.15, -0.1) is 11.3 Å². The first-order chi connectivity index (χ1) is 19.2. The highest BCUT2D eigenvalue weighted by molar-refractivity contribution is 7.19. The van der Waals surface area contributed by atoms with Gasteiger partial charge in [0.05, 0.1) is 10.6 Å². The maximum Gasteiger partial charge on any atom is 0.234 e. The SMILES string of the molecule is N#Cc1nccc(NC2CCN(Cc3ccc(-c4nc(-c5ccncc5)sc4-c4ccccc4)cc3)CC2)n1. The van der Waals surface area contributed by atoms with Crippen molar-refractivity contribution < 1.29 is 0 Å². The third kappa shape index (κ3) is 5.85. The zero-order valence-corrected chi connectivity index (χ0v) is 22.2. The van der Waals surface area contributed by atoms with Crippen molar-refractivity contribution in [1.82, 2.24) is 24.8 Å². The lowest BCUT2D eigenvalue weighted by Crippen LogP contribution is -2.38. The maximum absolute atomic E-state index is 9.02. The third-order valence-electron chi connectivity index (χ3n) is 6.92. The fourth-order valence-corrected chi connectivity index (χ4v) is 5.98. The summed E-state index contributed by atoms with van der Waals surface area (Å²) >= 11 is 1.72. The summed E-state index contributed by atoms with van der Waals surface area (Å²) in [5.74, 6) is 0.919. The van der Waals surface area contributed by atoms with E-state index in [-0.39, 0.29) is 5.82 Å². The Hall–Kier alpha value is -4.45. The largest absolute Gasteiger partial charge is 0.367 e. The topological polar surface area (TPSA) is 90.6 Å². The molecular weight excluding hydrogens is 502 g/mol. The first-order valence-electron chi connectivity index (χ1n) is 13.0. The van der Waals surface area contributed by atoms with Crippen molar-refractivity contribution in [2.75, 3.05) is 18.4 Å². The summed E-state index contributed by atoms with van der Waals surface area (Å²) in [5, 5.41) is 13.5. The predicted octanol–water partition coefficient (Wildman–Crippen LogP) is 6.28. The Balaban J connectivity index is 1.14. The van der Waals surface area contributed by atoms with E-state index in [9.17, 15) is 0 Å². The van der Waals surface area contributed by atoms with Crippen LogP contribution in [0.2, 0.25) is 0 Å². The average Bonchev–Trinajstić information content (AvgIpc) is 3.45. The number of nitrogens with one attached hydrogen (secondary N) is 1. The van der Waals surface area contributed by atoms with E-state index in [1.165, 1.54) is 16.0 Å². The molecule has 0 unspecified atom stereocenters. The number of hydrogen-bond acceptors (Lipinski definition) is 8. The summed E-state index contributed by atoms with van der Waals surface area (Å²) in [6, 6.07) is 27.5. The summed E-state index contributed by atoms with van der Waals surface area (Å²) in [7, 11) is 0. The molecule has 0 amide bonds. The molecule has 1 fully saturated rings. The molecule has 0 atom stereocenters. The van der Waals surface area contributed by atoms with Gasteiger partial charge in [-0.25, -0.2) is 15.0 Å². The number of aromatic nitrogens is 4. The Kier molecular flexibility index (Phi) is 7.34. The Morgan fingerprint density at radius 2 is 1.62 bits per heavy atom. The lowest BCUT2D eigenvalue weighted by atomic mass is 10.0. The predicted molar refractivity (Wildman–Crippen MR) is 155 cm³/mol. The van der Waals surface area contributed by atoms with Gasteiger partial charge in [0.25, 0.3) is 0 Å². The second-order valence-corrected chi connectivity index (χ2v) is 10.6. The number of piperidine rings is 1. The first kappa shape index (κ1) is 24.9. The fraction of sp³-hybridized carbons (Fsp3) is 0.194. The van der Waals surface area contributed by atoms with Gasteiger partial charge in [0.2, 0.25) is 5.82 Å². The molecule has 0 aliphatic carbocycles. The standard InChI is InChI=1S/C31H27N7S/c32-20-28-34-17-12-27(36-28)35-26-13-18-38(19-14-26)21-22-6-8-23(9-7-22)29-30(24-4-2-1-3-5-24)39-31(37-29)25-10-15-33-16-11-25/h1-12,15-17,26H,13-14,18-19,21H2,(H,34,35,36). The number of rotatable bonds is 7. The molecule has 1 N–H and O–H groups in total. The summed E-state index contributed by atoms with van der Waals surface area (Å²) < 4.78 is 0. The number of benzene rings is 2. The molecule has 5 aromatic rings. The number of anilines is 1. The Bertz CT molecular complexity index is 1570. The molecule has 1 aliphatic rings. The average molecular weight is 530 g/mol. The molecule has 6 rings (SSSR count). The quantitative estimate of drug-likeness (QED) is 0.265. The second kappa shape index (κ2) is 11.5. The lowest BCUT2D eigenvalue weighted by molar-refractivity contribution is 0.211. The van der Waals surface area contributed by atoms with Gasteiger partial charge in [-0.05, 0) is 42.2 Å². The van der Waals surface area contributed by atoms with Gasteiger partial charge >= 0.3 is 0 Å². The molecule has 1 saturated heterocycles. The van der Waals surface area contributed by atoms with Crippen molar-refractivity contribution in [2.24, 2.45) is 0 Å². The van der Waals surface area contributed by atoms with Crippen molar-refractivity contribution in [1.29, 1.82) is 5.26 Å². The van der Waals surface area contributed by atoms with Crippen molar-refractivity contribution in [3.05, 3.63) is 103 Å². The van der Waals surface area contributed by atoms with E-state index >= 15 is 0 Å². The Morgan fingerprint density at radius 1 is 0.846 bits per heavy atom. The second-order valence-electron chi connectivity index (χ2n) is 9.57. The van der Waals surface area contributed by atoms with Crippen LogP contribution in [0.25, 0.3) is 32.3 Å². The van der Waals surface area contributed by atoms with Crippen LogP contribution in [0.1, 0.15) is 24.2 Å². The number of hydrogen-bond donors (Lipinski definition) is 1. The van der Waals surface area contributed by atoms with E-state index < -0.39 is 0 Å². The van der Waals surface area contributed by atoms with E-state index in [2.05, 4.69) is 73.7 Å². The number of nitrogens with zero attached hydrogens (tertiary/aromatic N) is 6. The highest BCUT2D eigenvalue weighted by Gasteiger charge is 2.20. The van der Waals surface area contributed by atoms with E-state index in [0.717, 1.165) is 60.1 Å². The minimum atomic E-state index is 0.197. The molecule has 39 heavy (non-hydrogen) atoms. The van der Waals surface area contributed by atoms with E-state index in [4.69, 9.17) is 10.2 Å². The number of thiazole rings is 1. The van der Waals surface area contributed by atoms with Crippen molar-refractivity contribution in [3.8, 4) is 38.3 Å². The van der Waals surface area contributed by atoms with Crippen molar-refractivity contribution >= 4 is 17.2 Å². The molecule has 4 heterocycles. The van der Waals surface area contributed by atoms with Crippen molar-refractivity contribution in [2.45, 2.75) is 25.4 Å². The molecule has 0 radical (unpaired) electrons. The highest BCUT2D eigenvalue weighted by atomic mass is 32.1. The van der Waals surface area contributed by atoms with Gasteiger partial charge in [-0.1, -0.05) is 54.6 Å². The molecule has 1 aliphatic heterocycles. The summed E-state index contributed by atoms with van der Waals surface area (Å²) in [6.07, 6.45) is 7.31. The van der Waals surface area contributed by atoms with E-state index in [0.29, 0.717) is 6.04 Å². The van der Waals surface area contributed by atoms with Gasteiger partial charge in [-0.3, -0.25) is 9.88 Å². The summed E-state index contributed by atoms with van der Waals surface area (Å²) in [4.78, 5) is 21.1. The monoisotopic (exact) mass is 529 g/mol. The molecule has 0 saturated carbocycles. The molecule has 0 bridgehead atoms. The van der Waals surface area contributed by atoms with Crippen LogP contribution >= 0.6 is 11.3 Å². The molecule has 192 valence electrons. The lowest BCUT2D eigenvalue weighted by Gasteiger charge is -2.32. The van der Waals surface area contributed by atoms with Gasteiger partial charge in [0, 0.05) is 55.4 Å². The smallest absolute Gasteiger partial charge is 0.234 e. The van der Waals surface area contributed by atoms with Crippen LogP contribution in [0.15, 0.2) is 91.4 Å². The van der Waals surface area contributed by atoms with E-state index in [1.54, 1.807) is 17.5 Å². The van der Waals surface area contributed by atoms with Crippen LogP contribution in [0.3, 0.4) is 0 Å². The van der Waals surface area contributed by atoms with Gasteiger partial charge in [-0.2, -0.15) is 5.26 Å². The van der Waals surface area contributed by atoms with Crippen molar-refractivity contribution in [3.63, 3.8) is 0 Å². The molecular formula is C31H27N7S. The van der Waals surface area contributed by atoms with Gasteiger partial charge < -0.3 is 5.32 Å². The molecule has 8 heteroatoms. The fourth-order valence-electron chi connectivity index (χ4n) is 4.88. The third-order valence-corrected chi connectivity index (χ3v) is 8.07. The molecule has 0 spiro atoms. The van der Waals surface area contributed by atoms with Crippen LogP contribution < -0.4 is 5.32 Å². The molecule has 3 aromatic heterocycles. The summed E-state index contributed by atoms with van der Waals surface area (Å²) in [5.41, 5.74) is 5.69. The number of pyridine rings is 1. The first-order valence-corrected chi connectivity index (χ1v) is 13.8. The minimum Gasteiger partial charge on any atom is -0.367 e. The zero-order valence-electron chi connectivity index (χ0n) is 21.4. The zero-order chi connectivity index (χ0) is 26.4. The van der Waals surface area contributed by atoms with Crippen LogP contribution in [-0.4, -0.2) is 44.0 Å². The van der Waals surface area contributed by atoms with Gasteiger partial charge in [0.15, 0.2) is 0 Å². The Labute approximate surface area is 231 Å².